The Bertz CT molecular complexity index is 1310. The maximum absolute atomic E-state index is 13.1. The number of rotatable bonds is 5. The van der Waals surface area contributed by atoms with Crippen LogP contribution in [0.25, 0.3) is 11.0 Å². The number of aromatic nitrogens is 2. The van der Waals surface area contributed by atoms with Crippen LogP contribution in [0, 0.1) is 0 Å². The van der Waals surface area contributed by atoms with Gasteiger partial charge < -0.3 is 19.7 Å². The SMILES string of the molecule is O=C(CN1CCC(O)(C(=O)O)CC1)N1CCc2c(n(Cc3ccc(C(F)(F)F)s3)c3ncccc23)C1. The molecule has 0 bridgehead atoms. The van der Waals surface area contributed by atoms with Gasteiger partial charge in [-0.25, -0.2) is 9.78 Å². The van der Waals surface area contributed by atoms with E-state index >= 15 is 0 Å². The summed E-state index contributed by atoms with van der Waals surface area (Å²) in [5, 5.41) is 20.3. The van der Waals surface area contributed by atoms with Crippen molar-refractivity contribution in [3.05, 3.63) is 51.5 Å². The average molecular weight is 523 g/mol. The Kier molecular flexibility index (Phi) is 6.29. The van der Waals surface area contributed by atoms with Crippen molar-refractivity contribution in [2.45, 2.75) is 44.1 Å². The Hall–Kier alpha value is -2.96. The fourth-order valence-corrected chi connectivity index (χ4v) is 5.86. The molecule has 0 atom stereocenters. The number of halogens is 3. The van der Waals surface area contributed by atoms with Crippen LogP contribution in [-0.2, 0) is 35.3 Å². The monoisotopic (exact) mass is 522 g/mol. The number of fused-ring (bicyclic) bond motifs is 3. The van der Waals surface area contributed by atoms with E-state index in [0.29, 0.717) is 54.5 Å². The smallest absolute Gasteiger partial charge is 0.425 e. The summed E-state index contributed by atoms with van der Waals surface area (Å²) in [5.74, 6) is -1.35. The van der Waals surface area contributed by atoms with E-state index < -0.39 is 22.6 Å². The molecule has 3 aromatic rings. The fourth-order valence-electron chi connectivity index (χ4n) is 5.00. The molecule has 192 valence electrons. The van der Waals surface area contributed by atoms with E-state index in [4.69, 9.17) is 0 Å². The molecule has 0 unspecified atom stereocenters. The van der Waals surface area contributed by atoms with Gasteiger partial charge in [-0.1, -0.05) is 0 Å². The van der Waals surface area contributed by atoms with Crippen molar-refractivity contribution in [2.24, 2.45) is 0 Å². The van der Waals surface area contributed by atoms with Gasteiger partial charge in [-0.2, -0.15) is 13.2 Å². The number of hydrogen-bond acceptors (Lipinski definition) is 6. The normalized spacial score (nSPS) is 18.4. The van der Waals surface area contributed by atoms with Crippen LogP contribution in [0.15, 0.2) is 30.5 Å². The minimum Gasteiger partial charge on any atom is -0.479 e. The highest BCUT2D eigenvalue weighted by Crippen LogP contribution is 2.36. The van der Waals surface area contributed by atoms with Gasteiger partial charge in [0.2, 0.25) is 5.91 Å². The zero-order valence-electron chi connectivity index (χ0n) is 19.3. The van der Waals surface area contributed by atoms with Gasteiger partial charge in [-0.15, -0.1) is 11.3 Å². The number of carbonyl (C=O) groups is 2. The second-order valence-corrected chi connectivity index (χ2v) is 10.5. The number of aliphatic hydroxyl groups is 1. The van der Waals surface area contributed by atoms with Crippen LogP contribution in [0.2, 0.25) is 0 Å². The van der Waals surface area contributed by atoms with Crippen molar-refractivity contribution in [2.75, 3.05) is 26.2 Å². The number of amides is 1. The Labute approximate surface area is 208 Å². The van der Waals surface area contributed by atoms with Crippen LogP contribution in [0.5, 0.6) is 0 Å². The summed E-state index contributed by atoms with van der Waals surface area (Å²) < 4.78 is 41.3. The van der Waals surface area contributed by atoms with Gasteiger partial charge >= 0.3 is 12.1 Å². The number of thiophene rings is 1. The third kappa shape index (κ3) is 4.60. The minimum atomic E-state index is -4.39. The first-order valence-electron chi connectivity index (χ1n) is 11.6. The summed E-state index contributed by atoms with van der Waals surface area (Å²) in [6.07, 6.45) is -2.03. The average Bonchev–Trinajstić information content (AvgIpc) is 3.44. The molecule has 1 saturated heterocycles. The van der Waals surface area contributed by atoms with Gasteiger partial charge in [0.25, 0.3) is 0 Å². The van der Waals surface area contributed by atoms with Crippen molar-refractivity contribution in [1.29, 1.82) is 0 Å². The van der Waals surface area contributed by atoms with E-state index in [1.54, 1.807) is 11.1 Å². The van der Waals surface area contributed by atoms with Crippen molar-refractivity contribution in [1.82, 2.24) is 19.4 Å². The summed E-state index contributed by atoms with van der Waals surface area (Å²) in [6, 6.07) is 6.34. The highest BCUT2D eigenvalue weighted by atomic mass is 32.1. The number of pyridine rings is 1. The molecular weight excluding hydrogens is 497 g/mol. The summed E-state index contributed by atoms with van der Waals surface area (Å²) in [4.78, 5) is 32.3. The molecule has 2 aliphatic heterocycles. The standard InChI is InChI=1S/C24H25F3N4O4S/c25-24(26,27)19-4-3-15(36-19)12-31-18-13-30(9-5-16(18)17-2-1-8-28-21(17)31)20(32)14-29-10-6-23(35,7-11-29)22(33)34/h1-4,8,35H,5-7,9-14H2,(H,33,34). The van der Waals surface area contributed by atoms with E-state index in [2.05, 4.69) is 4.98 Å². The number of carboxylic acids is 1. The van der Waals surface area contributed by atoms with Crippen molar-refractivity contribution in [3.63, 3.8) is 0 Å². The van der Waals surface area contributed by atoms with E-state index in [0.717, 1.165) is 22.7 Å². The molecular formula is C24H25F3N4O4S. The van der Waals surface area contributed by atoms with Crippen LogP contribution < -0.4 is 0 Å². The first-order valence-corrected chi connectivity index (χ1v) is 12.4. The van der Waals surface area contributed by atoms with Gasteiger partial charge in [0.1, 0.15) is 10.5 Å². The quantitative estimate of drug-likeness (QED) is 0.535. The Morgan fingerprint density at radius 2 is 1.89 bits per heavy atom. The van der Waals surface area contributed by atoms with Crippen LogP contribution in [0.3, 0.4) is 0 Å². The van der Waals surface area contributed by atoms with E-state index in [9.17, 15) is 33.0 Å². The number of nitrogens with zero attached hydrogens (tertiary/aromatic N) is 4. The molecule has 3 aromatic heterocycles. The third-order valence-corrected chi connectivity index (χ3v) is 8.18. The maximum Gasteiger partial charge on any atom is 0.425 e. The third-order valence-electron chi connectivity index (χ3n) is 7.06. The molecule has 0 radical (unpaired) electrons. The van der Waals surface area contributed by atoms with Gasteiger partial charge in [0.15, 0.2) is 5.60 Å². The van der Waals surface area contributed by atoms with Gasteiger partial charge in [0, 0.05) is 41.8 Å². The lowest BCUT2D eigenvalue weighted by Crippen LogP contribution is -2.52. The van der Waals surface area contributed by atoms with Crippen molar-refractivity contribution >= 4 is 34.2 Å². The summed E-state index contributed by atoms with van der Waals surface area (Å²) in [7, 11) is 0. The van der Waals surface area contributed by atoms with Crippen LogP contribution in [-0.4, -0.2) is 73.2 Å². The number of hydrogen-bond donors (Lipinski definition) is 2. The lowest BCUT2D eigenvalue weighted by Gasteiger charge is -2.36. The predicted molar refractivity (Wildman–Crippen MR) is 126 cm³/mol. The second-order valence-electron chi connectivity index (χ2n) is 9.33. The number of piperidine rings is 1. The van der Waals surface area contributed by atoms with E-state index in [1.807, 2.05) is 21.6 Å². The summed E-state index contributed by atoms with van der Waals surface area (Å²) >= 11 is 0.706. The second kappa shape index (κ2) is 9.16. The Balaban J connectivity index is 1.35. The maximum atomic E-state index is 13.1. The molecule has 2 N–H and O–H groups in total. The topological polar surface area (TPSA) is 98.9 Å². The van der Waals surface area contributed by atoms with Crippen molar-refractivity contribution < 1.29 is 33.0 Å². The fraction of sp³-hybridized carbons (Fsp3) is 0.458. The molecule has 0 aromatic carbocycles. The van der Waals surface area contributed by atoms with E-state index in [-0.39, 0.29) is 31.8 Å². The first kappa shape index (κ1) is 24.7. The zero-order valence-corrected chi connectivity index (χ0v) is 20.1. The van der Waals surface area contributed by atoms with Gasteiger partial charge in [-0.3, -0.25) is 9.69 Å². The molecule has 5 heterocycles. The highest BCUT2D eigenvalue weighted by Gasteiger charge is 2.40. The lowest BCUT2D eigenvalue weighted by molar-refractivity contribution is -0.163. The molecule has 5 rings (SSSR count). The summed E-state index contributed by atoms with van der Waals surface area (Å²) in [5.41, 5.74) is 0.854. The number of alkyl halides is 3. The van der Waals surface area contributed by atoms with Gasteiger partial charge in [0.05, 0.1) is 19.6 Å². The summed E-state index contributed by atoms with van der Waals surface area (Å²) in [6.45, 7) is 1.77. The molecule has 1 amide bonds. The lowest BCUT2D eigenvalue weighted by atomic mass is 9.91. The molecule has 1 fully saturated rings. The number of aliphatic carboxylic acids is 1. The van der Waals surface area contributed by atoms with E-state index in [1.165, 1.54) is 6.07 Å². The van der Waals surface area contributed by atoms with Crippen LogP contribution in [0.4, 0.5) is 13.2 Å². The number of carboxylic acid groups (broad SMARTS) is 1. The minimum absolute atomic E-state index is 0.0560. The molecule has 0 spiro atoms. The highest BCUT2D eigenvalue weighted by molar-refractivity contribution is 7.12. The van der Waals surface area contributed by atoms with Gasteiger partial charge in [-0.05, 0) is 49.1 Å². The first-order chi connectivity index (χ1) is 17.0. The van der Waals surface area contributed by atoms with Crippen LogP contribution in [0.1, 0.15) is 33.9 Å². The molecule has 8 nitrogen and oxygen atoms in total. The zero-order chi connectivity index (χ0) is 25.7. The molecule has 36 heavy (non-hydrogen) atoms. The van der Waals surface area contributed by atoms with Crippen LogP contribution >= 0.6 is 11.3 Å². The Morgan fingerprint density at radius 1 is 1.14 bits per heavy atom. The molecule has 2 aliphatic rings. The van der Waals surface area contributed by atoms with Crippen molar-refractivity contribution in [3.8, 4) is 0 Å². The predicted octanol–water partition coefficient (Wildman–Crippen LogP) is 2.96. The Morgan fingerprint density at radius 3 is 2.56 bits per heavy atom. The molecule has 0 saturated carbocycles. The number of carbonyl (C=O) groups excluding carboxylic acids is 1. The molecule has 0 aliphatic carbocycles. The molecule has 12 heteroatoms. The number of likely N-dealkylation sites (tertiary alicyclic amines) is 1. The largest absolute Gasteiger partial charge is 0.479 e.